The molecule has 20 heavy (non-hydrogen) atoms. The molecular formula is C15H18FN3O. The minimum atomic E-state index is -0.292. The van der Waals surface area contributed by atoms with Gasteiger partial charge in [-0.15, -0.1) is 0 Å². The van der Waals surface area contributed by atoms with Gasteiger partial charge in [-0.25, -0.2) is 4.39 Å². The summed E-state index contributed by atoms with van der Waals surface area (Å²) >= 11 is 0. The molecule has 1 amide bonds. The normalized spacial score (nSPS) is 12.2. The third-order valence-electron chi connectivity index (χ3n) is 3.21. The van der Waals surface area contributed by atoms with Gasteiger partial charge < -0.3 is 15.6 Å². The van der Waals surface area contributed by atoms with E-state index in [1.807, 2.05) is 13.8 Å². The second-order valence-corrected chi connectivity index (χ2v) is 4.69. The van der Waals surface area contributed by atoms with E-state index in [4.69, 9.17) is 5.73 Å². The Labute approximate surface area is 117 Å². The molecular weight excluding hydrogens is 257 g/mol. The number of benzene rings is 1. The number of carbonyl (C=O) groups is 1. The number of nitrogens with zero attached hydrogens (tertiary/aromatic N) is 1. The largest absolute Gasteiger partial charge is 0.397 e. The van der Waals surface area contributed by atoms with Gasteiger partial charge in [0.15, 0.2) is 0 Å². The molecule has 0 aliphatic carbocycles. The van der Waals surface area contributed by atoms with Gasteiger partial charge in [-0.05, 0) is 37.6 Å². The zero-order valence-electron chi connectivity index (χ0n) is 11.6. The topological polar surface area (TPSA) is 60.0 Å². The van der Waals surface area contributed by atoms with Gasteiger partial charge in [0.05, 0.1) is 11.7 Å². The molecule has 2 rings (SSSR count). The van der Waals surface area contributed by atoms with Crippen LogP contribution in [0, 0.1) is 5.82 Å². The van der Waals surface area contributed by atoms with Crippen molar-refractivity contribution < 1.29 is 9.18 Å². The third kappa shape index (κ3) is 2.99. The summed E-state index contributed by atoms with van der Waals surface area (Å²) in [6.45, 7) is 4.47. The molecule has 0 aliphatic rings. The lowest BCUT2D eigenvalue weighted by atomic mass is 10.1. The van der Waals surface area contributed by atoms with E-state index in [-0.39, 0.29) is 17.8 Å². The first-order chi connectivity index (χ1) is 9.51. The zero-order valence-corrected chi connectivity index (χ0v) is 11.6. The molecule has 0 aliphatic heterocycles. The Morgan fingerprint density at radius 1 is 1.40 bits per heavy atom. The number of aryl methyl sites for hydroxylation is 1. The highest BCUT2D eigenvalue weighted by Crippen LogP contribution is 2.15. The molecule has 106 valence electrons. The van der Waals surface area contributed by atoms with Crippen LogP contribution in [0.2, 0.25) is 0 Å². The first-order valence-corrected chi connectivity index (χ1v) is 6.53. The Morgan fingerprint density at radius 2 is 2.05 bits per heavy atom. The van der Waals surface area contributed by atoms with Crippen molar-refractivity contribution in [3.63, 3.8) is 0 Å². The van der Waals surface area contributed by atoms with Gasteiger partial charge in [0.25, 0.3) is 5.91 Å². The van der Waals surface area contributed by atoms with E-state index in [2.05, 4.69) is 5.32 Å². The lowest BCUT2D eigenvalue weighted by molar-refractivity contribution is 0.0930. The molecule has 1 atom stereocenters. The van der Waals surface area contributed by atoms with Crippen LogP contribution in [0.3, 0.4) is 0 Å². The quantitative estimate of drug-likeness (QED) is 0.901. The second kappa shape index (κ2) is 5.77. The SMILES string of the molecule is CCn1cc(N)cc1C(=O)NC(C)c1ccc(F)cc1. The van der Waals surface area contributed by atoms with Crippen LogP contribution in [0.5, 0.6) is 0 Å². The van der Waals surface area contributed by atoms with Crippen molar-refractivity contribution in [1.29, 1.82) is 0 Å². The number of hydrogen-bond acceptors (Lipinski definition) is 2. The highest BCUT2D eigenvalue weighted by atomic mass is 19.1. The lowest BCUT2D eigenvalue weighted by Crippen LogP contribution is -2.28. The van der Waals surface area contributed by atoms with Gasteiger partial charge in [-0.2, -0.15) is 0 Å². The number of aromatic nitrogens is 1. The fourth-order valence-corrected chi connectivity index (χ4v) is 2.09. The van der Waals surface area contributed by atoms with E-state index >= 15 is 0 Å². The number of nitrogens with one attached hydrogen (secondary N) is 1. The van der Waals surface area contributed by atoms with Crippen LogP contribution < -0.4 is 11.1 Å². The maximum atomic E-state index is 12.9. The average Bonchev–Trinajstić information content (AvgIpc) is 2.80. The Balaban J connectivity index is 2.12. The van der Waals surface area contributed by atoms with Crippen molar-refractivity contribution >= 4 is 11.6 Å². The molecule has 0 fully saturated rings. The Hall–Kier alpha value is -2.30. The Morgan fingerprint density at radius 3 is 2.65 bits per heavy atom. The number of rotatable bonds is 4. The molecule has 3 N–H and O–H groups in total. The molecule has 1 heterocycles. The van der Waals surface area contributed by atoms with Crippen LogP contribution >= 0.6 is 0 Å². The summed E-state index contributed by atoms with van der Waals surface area (Å²) in [5, 5.41) is 2.88. The van der Waals surface area contributed by atoms with E-state index in [0.29, 0.717) is 17.9 Å². The maximum absolute atomic E-state index is 12.9. The number of hydrogen-bond donors (Lipinski definition) is 2. The van der Waals surface area contributed by atoms with Crippen molar-refractivity contribution in [2.45, 2.75) is 26.4 Å². The van der Waals surface area contributed by atoms with Gasteiger partial charge in [0.2, 0.25) is 0 Å². The summed E-state index contributed by atoms with van der Waals surface area (Å²) in [5.74, 6) is -0.486. The molecule has 0 bridgehead atoms. The smallest absolute Gasteiger partial charge is 0.268 e. The van der Waals surface area contributed by atoms with E-state index in [1.165, 1.54) is 12.1 Å². The maximum Gasteiger partial charge on any atom is 0.268 e. The van der Waals surface area contributed by atoms with Crippen molar-refractivity contribution in [1.82, 2.24) is 9.88 Å². The van der Waals surface area contributed by atoms with E-state index in [9.17, 15) is 9.18 Å². The average molecular weight is 275 g/mol. The number of halogens is 1. The Bertz CT molecular complexity index is 604. The summed E-state index contributed by atoms with van der Waals surface area (Å²) in [5.41, 5.74) is 7.65. The molecule has 1 unspecified atom stereocenters. The van der Waals surface area contributed by atoms with Crippen molar-refractivity contribution in [3.05, 3.63) is 53.6 Å². The molecule has 0 saturated heterocycles. The fraction of sp³-hybridized carbons (Fsp3) is 0.267. The standard InChI is InChI=1S/C15H18FN3O/c1-3-19-9-13(17)8-14(19)15(20)18-10(2)11-4-6-12(16)7-5-11/h4-10H,3,17H2,1-2H3,(H,18,20). The van der Waals surface area contributed by atoms with Crippen LogP contribution in [-0.4, -0.2) is 10.5 Å². The summed E-state index contributed by atoms with van der Waals surface area (Å²) in [6, 6.07) is 7.52. The highest BCUT2D eigenvalue weighted by molar-refractivity contribution is 5.94. The zero-order chi connectivity index (χ0) is 14.7. The van der Waals surface area contributed by atoms with Crippen LogP contribution in [-0.2, 0) is 6.54 Å². The van der Waals surface area contributed by atoms with Crippen molar-refractivity contribution in [2.24, 2.45) is 0 Å². The molecule has 2 aromatic rings. The molecule has 1 aromatic heterocycles. The molecule has 4 nitrogen and oxygen atoms in total. The number of anilines is 1. The van der Waals surface area contributed by atoms with Gasteiger partial charge in [-0.1, -0.05) is 12.1 Å². The summed E-state index contributed by atoms with van der Waals surface area (Å²) in [6.07, 6.45) is 1.73. The summed E-state index contributed by atoms with van der Waals surface area (Å²) < 4.78 is 14.7. The minimum absolute atomic E-state index is 0.194. The number of nitrogen functional groups attached to an aromatic ring is 1. The summed E-state index contributed by atoms with van der Waals surface area (Å²) in [4.78, 5) is 12.2. The van der Waals surface area contributed by atoms with Gasteiger partial charge in [0, 0.05) is 12.7 Å². The van der Waals surface area contributed by atoms with Gasteiger partial charge in [-0.3, -0.25) is 4.79 Å². The van der Waals surface area contributed by atoms with E-state index in [0.717, 1.165) is 5.56 Å². The van der Waals surface area contributed by atoms with Gasteiger partial charge >= 0.3 is 0 Å². The first-order valence-electron chi connectivity index (χ1n) is 6.53. The number of nitrogens with two attached hydrogens (primary N) is 1. The van der Waals surface area contributed by atoms with Gasteiger partial charge in [0.1, 0.15) is 11.5 Å². The monoisotopic (exact) mass is 275 g/mol. The van der Waals surface area contributed by atoms with Crippen molar-refractivity contribution in [2.75, 3.05) is 5.73 Å². The predicted molar refractivity (Wildman–Crippen MR) is 76.8 cm³/mol. The number of amides is 1. The number of carbonyl (C=O) groups excluding carboxylic acids is 1. The molecule has 0 saturated carbocycles. The van der Waals surface area contributed by atoms with E-state index in [1.54, 1.807) is 29.0 Å². The third-order valence-corrected chi connectivity index (χ3v) is 3.21. The minimum Gasteiger partial charge on any atom is -0.397 e. The van der Waals surface area contributed by atoms with Crippen LogP contribution in [0.25, 0.3) is 0 Å². The predicted octanol–water partition coefficient (Wildman–Crippen LogP) is 2.72. The van der Waals surface area contributed by atoms with Crippen LogP contribution in [0.4, 0.5) is 10.1 Å². The molecule has 0 spiro atoms. The molecule has 0 radical (unpaired) electrons. The lowest BCUT2D eigenvalue weighted by Gasteiger charge is -2.15. The molecule has 1 aromatic carbocycles. The Kier molecular flexibility index (Phi) is 4.08. The highest BCUT2D eigenvalue weighted by Gasteiger charge is 2.15. The molecule has 5 heteroatoms. The first kappa shape index (κ1) is 14.1. The second-order valence-electron chi connectivity index (χ2n) is 4.69. The van der Waals surface area contributed by atoms with Crippen molar-refractivity contribution in [3.8, 4) is 0 Å². The summed E-state index contributed by atoms with van der Waals surface area (Å²) in [7, 11) is 0. The fourth-order valence-electron chi connectivity index (χ4n) is 2.09. The van der Waals surface area contributed by atoms with Crippen LogP contribution in [0.1, 0.15) is 35.9 Å². The van der Waals surface area contributed by atoms with Crippen LogP contribution in [0.15, 0.2) is 36.5 Å². The van der Waals surface area contributed by atoms with E-state index < -0.39 is 0 Å².